The highest BCUT2D eigenvalue weighted by molar-refractivity contribution is 6.12. The molecule has 7 atom stereocenters. The Bertz CT molecular complexity index is 2350. The minimum Gasteiger partial charge on any atom is -0.491 e. The summed E-state index contributed by atoms with van der Waals surface area (Å²) < 4.78 is 12.7. The van der Waals surface area contributed by atoms with Gasteiger partial charge in [-0.25, -0.2) is 0 Å². The van der Waals surface area contributed by atoms with Gasteiger partial charge in [-0.2, -0.15) is 0 Å². The number of rotatable bonds is 11. The zero-order valence-electron chi connectivity index (χ0n) is 31.5. The van der Waals surface area contributed by atoms with E-state index in [0.29, 0.717) is 33.7 Å². The number of nitrogens with one attached hydrogen (secondary N) is 2. The first kappa shape index (κ1) is 38.6. The van der Waals surface area contributed by atoms with Crippen LogP contribution in [0.2, 0.25) is 0 Å². The van der Waals surface area contributed by atoms with Gasteiger partial charge in [-0.15, -0.1) is 0 Å². The van der Waals surface area contributed by atoms with Crippen LogP contribution < -0.4 is 15.4 Å². The van der Waals surface area contributed by atoms with E-state index in [4.69, 9.17) is 9.47 Å². The van der Waals surface area contributed by atoms with Crippen molar-refractivity contribution in [3.8, 4) is 17.6 Å². The predicted octanol–water partition coefficient (Wildman–Crippen LogP) is 4.91. The molecule has 0 radical (unpaired) electrons. The molecule has 3 aliphatic rings. The predicted molar refractivity (Wildman–Crippen MR) is 215 cm³/mol. The Labute approximate surface area is 336 Å². The van der Waals surface area contributed by atoms with E-state index in [1.807, 2.05) is 83.8 Å². The summed E-state index contributed by atoms with van der Waals surface area (Å²) >= 11 is 0. The second-order valence-corrected chi connectivity index (χ2v) is 14.5. The standard InChI is InChI=1S/C47H43N3O8/c51-25-13-12-14-30-23-24-36-35(28-30)47(46(56)49-36)39(44(54)48-29-37(53)31-15-4-1-5-16-31)41-45(55)58-42(33-19-8-3-9-20-33)40(32-17-6-2-7-18-32)50(41)43(47)34-21-10-11-22-38(34)57-27-26-52/h1-11,15-24,28,37,39-43,51-53H,13,25-27,29H2,(H,48,54)(H,49,56). The molecule has 58 heavy (non-hydrogen) atoms. The Morgan fingerprint density at radius 2 is 1.52 bits per heavy atom. The van der Waals surface area contributed by atoms with Crippen molar-refractivity contribution in [2.24, 2.45) is 5.92 Å². The quantitative estimate of drug-likeness (QED) is 0.0929. The van der Waals surface area contributed by atoms with Gasteiger partial charge in [-0.3, -0.25) is 19.3 Å². The fourth-order valence-corrected chi connectivity index (χ4v) is 8.96. The van der Waals surface area contributed by atoms with Gasteiger partial charge in [0.15, 0.2) is 0 Å². The summed E-state index contributed by atoms with van der Waals surface area (Å²) in [5.41, 5.74) is 2.23. The molecule has 5 aromatic carbocycles. The summed E-state index contributed by atoms with van der Waals surface area (Å²) in [7, 11) is 0. The Balaban J connectivity index is 1.41. The summed E-state index contributed by atoms with van der Waals surface area (Å²) in [6, 6.07) is 37.2. The van der Waals surface area contributed by atoms with Crippen LogP contribution in [0.5, 0.6) is 5.75 Å². The van der Waals surface area contributed by atoms with Crippen LogP contribution in [0.3, 0.4) is 0 Å². The Morgan fingerprint density at radius 3 is 2.22 bits per heavy atom. The van der Waals surface area contributed by atoms with Gasteiger partial charge in [0.2, 0.25) is 11.8 Å². The molecule has 11 heteroatoms. The van der Waals surface area contributed by atoms with Crippen molar-refractivity contribution in [1.82, 2.24) is 10.2 Å². The van der Waals surface area contributed by atoms with E-state index in [1.165, 1.54) is 0 Å². The van der Waals surface area contributed by atoms with Crippen molar-refractivity contribution in [3.05, 3.63) is 167 Å². The first-order chi connectivity index (χ1) is 28.4. The number of aliphatic hydroxyl groups excluding tert-OH is 3. The molecular weight excluding hydrogens is 735 g/mol. The number of morpholine rings is 1. The molecule has 5 aromatic rings. The third kappa shape index (κ3) is 6.80. The smallest absolute Gasteiger partial charge is 0.324 e. The van der Waals surface area contributed by atoms with Crippen LogP contribution in [0.4, 0.5) is 5.69 Å². The number of carbonyl (C=O) groups is 3. The topological polar surface area (TPSA) is 158 Å². The lowest BCUT2D eigenvalue weighted by Gasteiger charge is -2.46. The van der Waals surface area contributed by atoms with Gasteiger partial charge in [0.1, 0.15) is 29.9 Å². The first-order valence-corrected chi connectivity index (χ1v) is 19.3. The number of hydrogen-bond acceptors (Lipinski definition) is 9. The van der Waals surface area contributed by atoms with E-state index < -0.39 is 59.5 Å². The van der Waals surface area contributed by atoms with Crippen molar-refractivity contribution < 1.29 is 39.2 Å². The fourth-order valence-electron chi connectivity index (χ4n) is 8.96. The van der Waals surface area contributed by atoms with Crippen molar-refractivity contribution in [2.45, 2.75) is 42.2 Å². The molecule has 0 bridgehead atoms. The number of fused-ring (bicyclic) bond motifs is 3. The number of cyclic esters (lactones) is 1. The van der Waals surface area contributed by atoms with Crippen LogP contribution >= 0.6 is 0 Å². The van der Waals surface area contributed by atoms with E-state index in [9.17, 15) is 15.3 Å². The average Bonchev–Trinajstić information content (AvgIpc) is 3.74. The number of carbonyl (C=O) groups excluding carboxylic acids is 3. The lowest BCUT2D eigenvalue weighted by molar-refractivity contribution is -0.178. The molecule has 8 rings (SSSR count). The van der Waals surface area contributed by atoms with E-state index in [2.05, 4.69) is 22.5 Å². The molecule has 7 unspecified atom stereocenters. The van der Waals surface area contributed by atoms with Gasteiger partial charge < -0.3 is 35.4 Å². The Hall–Kier alpha value is -6.29. The summed E-state index contributed by atoms with van der Waals surface area (Å²) in [6.07, 6.45) is -1.72. The summed E-state index contributed by atoms with van der Waals surface area (Å²) in [5, 5.41) is 36.6. The van der Waals surface area contributed by atoms with Crippen molar-refractivity contribution in [2.75, 3.05) is 31.7 Å². The van der Waals surface area contributed by atoms with Gasteiger partial charge in [-0.1, -0.05) is 121 Å². The number of amides is 2. The highest BCUT2D eigenvalue weighted by Crippen LogP contribution is 2.65. The number of aliphatic hydroxyl groups is 3. The molecule has 2 saturated heterocycles. The van der Waals surface area contributed by atoms with Gasteiger partial charge in [0.05, 0.1) is 37.3 Å². The van der Waals surface area contributed by atoms with Gasteiger partial charge in [0.25, 0.3) is 0 Å². The summed E-state index contributed by atoms with van der Waals surface area (Å²) in [6.45, 7) is -0.660. The zero-order chi connectivity index (χ0) is 40.2. The normalized spacial score (nSPS) is 23.8. The van der Waals surface area contributed by atoms with E-state index in [-0.39, 0.29) is 32.8 Å². The molecular formula is C47H43N3O8. The SMILES string of the molecule is O=C1OC(c2ccccc2)C(c2ccccc2)N2C1C(C(=O)NCC(O)c1ccccc1)C1(C(=O)Nc3ccc(C#CCCO)cc31)C2c1ccccc1OCCO. The molecule has 2 fully saturated rings. The number of para-hydroxylation sites is 1. The Kier molecular flexibility index (Phi) is 11.1. The number of benzene rings is 5. The molecule has 1 spiro atoms. The van der Waals surface area contributed by atoms with Gasteiger partial charge >= 0.3 is 5.97 Å². The minimum atomic E-state index is -1.81. The van der Waals surface area contributed by atoms with Crippen LogP contribution in [0.15, 0.2) is 133 Å². The van der Waals surface area contributed by atoms with Gasteiger partial charge in [-0.05, 0) is 46.5 Å². The second-order valence-electron chi connectivity index (χ2n) is 14.5. The van der Waals surface area contributed by atoms with Crippen molar-refractivity contribution >= 4 is 23.5 Å². The average molecular weight is 778 g/mol. The van der Waals surface area contributed by atoms with Crippen LogP contribution in [-0.4, -0.2) is 70.4 Å². The number of hydrogen-bond donors (Lipinski definition) is 5. The number of ether oxygens (including phenoxy) is 2. The van der Waals surface area contributed by atoms with Crippen LogP contribution in [0.1, 0.15) is 64.1 Å². The van der Waals surface area contributed by atoms with Gasteiger partial charge in [0, 0.05) is 29.8 Å². The fraction of sp³-hybridized carbons (Fsp3) is 0.255. The maximum Gasteiger partial charge on any atom is 0.324 e. The lowest BCUT2D eigenvalue weighted by Crippen LogP contribution is -2.55. The monoisotopic (exact) mass is 777 g/mol. The highest BCUT2D eigenvalue weighted by Gasteiger charge is 2.74. The minimum absolute atomic E-state index is 0.0500. The number of nitrogens with zero attached hydrogens (tertiary/aromatic N) is 1. The Morgan fingerprint density at radius 1 is 0.845 bits per heavy atom. The number of anilines is 1. The molecule has 0 saturated carbocycles. The first-order valence-electron chi connectivity index (χ1n) is 19.3. The van der Waals surface area contributed by atoms with E-state index in [0.717, 1.165) is 11.1 Å². The molecule has 3 aliphatic heterocycles. The maximum atomic E-state index is 15.4. The second kappa shape index (κ2) is 16.7. The molecule has 11 nitrogen and oxygen atoms in total. The largest absolute Gasteiger partial charge is 0.491 e. The number of esters is 1. The third-order valence-electron chi connectivity index (χ3n) is 11.3. The molecule has 2 amide bonds. The van der Waals surface area contributed by atoms with E-state index >= 15 is 14.4 Å². The van der Waals surface area contributed by atoms with Crippen LogP contribution in [-0.2, 0) is 24.5 Å². The highest BCUT2D eigenvalue weighted by atomic mass is 16.6. The summed E-state index contributed by atoms with van der Waals surface area (Å²) in [5.74, 6) is 3.15. The van der Waals surface area contributed by atoms with Crippen molar-refractivity contribution in [3.63, 3.8) is 0 Å². The molecule has 0 aromatic heterocycles. The third-order valence-corrected chi connectivity index (χ3v) is 11.3. The van der Waals surface area contributed by atoms with Crippen molar-refractivity contribution in [1.29, 1.82) is 0 Å². The molecule has 294 valence electrons. The zero-order valence-corrected chi connectivity index (χ0v) is 31.5. The lowest BCUT2D eigenvalue weighted by atomic mass is 9.65. The summed E-state index contributed by atoms with van der Waals surface area (Å²) in [4.78, 5) is 47.6. The molecule has 5 N–H and O–H groups in total. The molecule has 3 heterocycles. The molecule has 0 aliphatic carbocycles. The van der Waals surface area contributed by atoms with Crippen LogP contribution in [0.25, 0.3) is 0 Å². The van der Waals surface area contributed by atoms with Crippen LogP contribution in [0, 0.1) is 17.8 Å². The van der Waals surface area contributed by atoms with E-state index in [1.54, 1.807) is 54.6 Å². The maximum absolute atomic E-state index is 15.4.